The van der Waals surface area contributed by atoms with Crippen LogP contribution in [0.5, 0.6) is 11.5 Å². The van der Waals surface area contributed by atoms with Gasteiger partial charge in [0.2, 0.25) is 0 Å². The van der Waals surface area contributed by atoms with Gasteiger partial charge in [0.25, 0.3) is 0 Å². The van der Waals surface area contributed by atoms with Crippen LogP contribution in [0.15, 0.2) is 103 Å². The summed E-state index contributed by atoms with van der Waals surface area (Å²) in [4.78, 5) is 23.3. The van der Waals surface area contributed by atoms with Crippen molar-refractivity contribution < 1.29 is 18.3 Å². The van der Waals surface area contributed by atoms with E-state index in [4.69, 9.17) is 18.3 Å². The molecule has 4 aromatic rings. The number of hydrogen-bond donors (Lipinski definition) is 0. The van der Waals surface area contributed by atoms with Crippen LogP contribution in [0.1, 0.15) is 32.1 Å². The van der Waals surface area contributed by atoms with Crippen molar-refractivity contribution in [3.8, 4) is 11.5 Å². The minimum atomic E-state index is -0.349. The van der Waals surface area contributed by atoms with Crippen LogP contribution in [0.25, 0.3) is 21.9 Å². The maximum Gasteiger partial charge on any atom is 0.336 e. The van der Waals surface area contributed by atoms with Crippen molar-refractivity contribution in [2.75, 3.05) is 13.2 Å². The Balaban J connectivity index is 0.955. The van der Waals surface area contributed by atoms with Gasteiger partial charge >= 0.3 is 11.3 Å². The second-order valence-corrected chi connectivity index (χ2v) is 12.5. The molecule has 6 heteroatoms. The summed E-state index contributed by atoms with van der Waals surface area (Å²) < 4.78 is 23.2. The predicted molar refractivity (Wildman–Crippen MR) is 156 cm³/mol. The number of fused-ring (bicyclic) bond motifs is 7. The fourth-order valence-electron chi connectivity index (χ4n) is 8.53. The van der Waals surface area contributed by atoms with E-state index in [0.29, 0.717) is 48.1 Å². The van der Waals surface area contributed by atoms with E-state index in [0.717, 1.165) is 35.1 Å². The molecule has 0 radical (unpaired) electrons. The normalized spacial score (nSPS) is 31.0. The molecule has 6 unspecified atom stereocenters. The van der Waals surface area contributed by atoms with E-state index < -0.39 is 0 Å². The first kappa shape index (κ1) is 24.7. The number of benzene rings is 2. The smallest absolute Gasteiger partial charge is 0.336 e. The monoisotopic (exact) mass is 548 g/mol. The van der Waals surface area contributed by atoms with Crippen LogP contribution < -0.4 is 20.7 Å². The Hall–Kier alpha value is -4.06. The SMILES string of the molecule is O=c1ccc2ccc(OCCC3CC4C=CC3(C35C=CC(C3)C(COc3ccc6ccc(=O)oc6c3)C5)C4)cc2o1. The average molecular weight is 549 g/mol. The van der Waals surface area contributed by atoms with E-state index in [1.807, 2.05) is 36.4 Å². The van der Waals surface area contributed by atoms with Crippen molar-refractivity contribution in [2.45, 2.75) is 32.1 Å². The molecule has 4 aliphatic carbocycles. The highest BCUT2D eigenvalue weighted by molar-refractivity contribution is 5.78. The van der Waals surface area contributed by atoms with Gasteiger partial charge in [-0.3, -0.25) is 0 Å². The molecule has 2 heterocycles. The van der Waals surface area contributed by atoms with Gasteiger partial charge in [0, 0.05) is 46.4 Å². The minimum Gasteiger partial charge on any atom is -0.493 e. The summed E-state index contributed by atoms with van der Waals surface area (Å²) in [6, 6.07) is 17.9. The van der Waals surface area contributed by atoms with Gasteiger partial charge in [0.1, 0.15) is 22.7 Å². The molecular formula is C35H32O6. The van der Waals surface area contributed by atoms with Crippen molar-refractivity contribution in [2.24, 2.45) is 34.5 Å². The van der Waals surface area contributed by atoms with Crippen LogP contribution in [0.3, 0.4) is 0 Å². The van der Waals surface area contributed by atoms with Crippen molar-refractivity contribution in [3.05, 3.63) is 106 Å². The van der Waals surface area contributed by atoms with Gasteiger partial charge in [0.05, 0.1) is 13.2 Å². The van der Waals surface area contributed by atoms with Crippen molar-refractivity contribution in [1.29, 1.82) is 0 Å². The third-order valence-electron chi connectivity index (χ3n) is 10.4. The maximum absolute atomic E-state index is 11.7. The fourth-order valence-corrected chi connectivity index (χ4v) is 8.53. The lowest BCUT2D eigenvalue weighted by Crippen LogP contribution is -2.40. The molecule has 6 atom stereocenters. The van der Waals surface area contributed by atoms with Gasteiger partial charge < -0.3 is 18.3 Å². The Morgan fingerprint density at radius 1 is 0.756 bits per heavy atom. The summed E-state index contributed by atoms with van der Waals surface area (Å²) in [6.07, 6.45) is 15.8. The molecule has 6 nitrogen and oxygen atoms in total. The van der Waals surface area contributed by atoms with Crippen LogP contribution in [0.2, 0.25) is 0 Å². The Morgan fingerprint density at radius 3 is 2.15 bits per heavy atom. The highest BCUT2D eigenvalue weighted by Gasteiger charge is 2.64. The van der Waals surface area contributed by atoms with E-state index in [2.05, 4.69) is 24.3 Å². The summed E-state index contributed by atoms with van der Waals surface area (Å²) in [7, 11) is 0. The topological polar surface area (TPSA) is 78.9 Å². The Labute approximate surface area is 237 Å². The van der Waals surface area contributed by atoms with E-state index in [1.165, 1.54) is 31.4 Å². The molecule has 0 spiro atoms. The van der Waals surface area contributed by atoms with E-state index in [-0.39, 0.29) is 22.1 Å². The Morgan fingerprint density at radius 2 is 1.44 bits per heavy atom. The third kappa shape index (κ3) is 4.06. The van der Waals surface area contributed by atoms with Crippen LogP contribution in [0, 0.1) is 34.5 Å². The molecule has 4 bridgehead atoms. The van der Waals surface area contributed by atoms with Gasteiger partial charge in [0.15, 0.2) is 0 Å². The zero-order chi connectivity index (χ0) is 27.6. The van der Waals surface area contributed by atoms with Crippen LogP contribution in [0.4, 0.5) is 0 Å². The Kier molecular flexibility index (Phi) is 5.56. The first-order valence-corrected chi connectivity index (χ1v) is 14.7. The lowest BCUT2D eigenvalue weighted by Gasteiger charge is -2.47. The molecule has 2 fully saturated rings. The molecule has 2 aromatic heterocycles. The van der Waals surface area contributed by atoms with Crippen molar-refractivity contribution in [1.82, 2.24) is 0 Å². The molecule has 8 rings (SSSR count). The maximum atomic E-state index is 11.7. The third-order valence-corrected chi connectivity index (χ3v) is 10.4. The molecule has 2 aromatic carbocycles. The lowest BCUT2D eigenvalue weighted by molar-refractivity contribution is 0.0754. The van der Waals surface area contributed by atoms with Crippen molar-refractivity contribution >= 4 is 21.9 Å². The number of ether oxygens (including phenoxy) is 2. The van der Waals surface area contributed by atoms with E-state index >= 15 is 0 Å². The summed E-state index contributed by atoms with van der Waals surface area (Å²) in [5, 5.41) is 1.78. The van der Waals surface area contributed by atoms with Crippen molar-refractivity contribution in [3.63, 3.8) is 0 Å². The zero-order valence-electron chi connectivity index (χ0n) is 22.8. The van der Waals surface area contributed by atoms with E-state index in [1.54, 1.807) is 12.1 Å². The number of hydrogen-bond acceptors (Lipinski definition) is 6. The highest BCUT2D eigenvalue weighted by atomic mass is 16.5. The fraction of sp³-hybridized carbons (Fsp3) is 0.371. The first-order valence-electron chi connectivity index (χ1n) is 14.7. The molecule has 0 saturated heterocycles. The molecule has 4 aliphatic rings. The van der Waals surface area contributed by atoms with Gasteiger partial charge in [-0.05, 0) is 91.7 Å². The molecule has 41 heavy (non-hydrogen) atoms. The van der Waals surface area contributed by atoms with Crippen LogP contribution in [-0.4, -0.2) is 13.2 Å². The second kappa shape index (κ2) is 9.23. The number of rotatable bonds is 8. The second-order valence-electron chi connectivity index (χ2n) is 12.5. The highest BCUT2D eigenvalue weighted by Crippen LogP contribution is 2.71. The molecular weight excluding hydrogens is 516 g/mol. The van der Waals surface area contributed by atoms with Crippen LogP contribution in [-0.2, 0) is 0 Å². The molecule has 0 aliphatic heterocycles. The quantitative estimate of drug-likeness (QED) is 0.176. The minimum absolute atomic E-state index is 0.167. The van der Waals surface area contributed by atoms with Gasteiger partial charge in [-0.1, -0.05) is 24.3 Å². The average Bonchev–Trinajstić information content (AvgIpc) is 3.76. The molecule has 2 saturated carbocycles. The first-order chi connectivity index (χ1) is 20.0. The lowest BCUT2D eigenvalue weighted by atomic mass is 9.57. The number of allylic oxidation sites excluding steroid dienone is 4. The zero-order valence-corrected chi connectivity index (χ0v) is 22.8. The molecule has 0 amide bonds. The summed E-state index contributed by atoms with van der Waals surface area (Å²) in [5.41, 5.74) is 0.759. The Bertz CT molecular complexity index is 1830. The molecule has 0 N–H and O–H groups in total. The van der Waals surface area contributed by atoms with Crippen LogP contribution >= 0.6 is 0 Å². The summed E-state index contributed by atoms with van der Waals surface area (Å²) >= 11 is 0. The summed E-state index contributed by atoms with van der Waals surface area (Å²) in [6.45, 7) is 1.30. The summed E-state index contributed by atoms with van der Waals surface area (Å²) in [5.74, 6) is 3.70. The van der Waals surface area contributed by atoms with Gasteiger partial charge in [-0.15, -0.1) is 0 Å². The standard InChI is InChI=1S/C35H32O6/c36-32-7-3-23-1-5-28(16-30(23)40-32)38-14-11-27-15-22-9-13-35(27,18-22)34-12-10-25(19-34)26(20-34)21-39-29-6-2-24-4-8-33(37)41-31(24)17-29/h1-10,12-13,16-17,22,25-27H,11,14-15,18-21H2. The van der Waals surface area contributed by atoms with Gasteiger partial charge in [-0.2, -0.15) is 0 Å². The van der Waals surface area contributed by atoms with Gasteiger partial charge in [-0.25, -0.2) is 9.59 Å². The van der Waals surface area contributed by atoms with E-state index in [9.17, 15) is 9.59 Å². The largest absolute Gasteiger partial charge is 0.493 e. The molecule has 208 valence electrons. The predicted octanol–water partition coefficient (Wildman–Crippen LogP) is 6.91.